The normalized spacial score (nSPS) is 11.3. The zero-order valence-corrected chi connectivity index (χ0v) is 13.1. The highest BCUT2D eigenvalue weighted by Gasteiger charge is 2.13. The summed E-state index contributed by atoms with van der Waals surface area (Å²) in [6.45, 7) is 5.76. The maximum atomic E-state index is 12.0. The number of nitrogens with one attached hydrogen (secondary N) is 1. The minimum atomic E-state index is -0.670. The molecule has 0 aromatic heterocycles. The van der Waals surface area contributed by atoms with E-state index in [4.69, 9.17) is 0 Å². The molecule has 0 aliphatic heterocycles. The van der Waals surface area contributed by atoms with E-state index < -0.39 is 23.2 Å². The van der Waals surface area contributed by atoms with E-state index >= 15 is 0 Å². The molecule has 4 N–H and O–H groups in total. The number of hydrogen-bond donors (Lipinski definition) is 4. The van der Waals surface area contributed by atoms with E-state index in [0.717, 1.165) is 23.3 Å². The number of benzene rings is 2. The van der Waals surface area contributed by atoms with Crippen LogP contribution in [-0.2, 0) is 0 Å². The van der Waals surface area contributed by atoms with Gasteiger partial charge >= 0.3 is 0 Å². The second-order valence-corrected chi connectivity index (χ2v) is 5.30. The van der Waals surface area contributed by atoms with Crippen LogP contribution in [-0.4, -0.2) is 26.9 Å². The van der Waals surface area contributed by atoms with E-state index in [1.54, 1.807) is 6.92 Å². The van der Waals surface area contributed by atoms with E-state index in [1.165, 1.54) is 5.56 Å². The number of rotatable bonds is 3. The molecule has 0 aliphatic rings. The van der Waals surface area contributed by atoms with Gasteiger partial charge in [0.25, 0.3) is 5.91 Å². The Kier molecular flexibility index (Phi) is 4.55. The molecule has 0 saturated carbocycles. The summed E-state index contributed by atoms with van der Waals surface area (Å²) in [7, 11) is 0. The molecule has 2 aromatic carbocycles. The molecular formula is C17H18N2O4. The second kappa shape index (κ2) is 6.39. The quantitative estimate of drug-likeness (QED) is 0.397. The number of aryl methyl sites for hydroxylation is 2. The molecule has 1 amide bonds. The van der Waals surface area contributed by atoms with Crippen LogP contribution >= 0.6 is 0 Å². The van der Waals surface area contributed by atoms with Crippen LogP contribution in [0.3, 0.4) is 0 Å². The molecule has 0 radical (unpaired) electrons. The Labute approximate surface area is 133 Å². The molecule has 0 spiro atoms. The molecule has 0 fully saturated rings. The van der Waals surface area contributed by atoms with E-state index in [9.17, 15) is 20.1 Å². The number of nitrogens with zero attached hydrogens (tertiary/aromatic N) is 1. The minimum Gasteiger partial charge on any atom is -0.504 e. The molecule has 0 aliphatic carbocycles. The maximum Gasteiger partial charge on any atom is 0.271 e. The summed E-state index contributed by atoms with van der Waals surface area (Å²) in [4.78, 5) is 12.0. The first kappa shape index (κ1) is 16.4. The summed E-state index contributed by atoms with van der Waals surface area (Å²) in [5, 5.41) is 32.1. The minimum absolute atomic E-state index is 0.0190. The van der Waals surface area contributed by atoms with E-state index in [-0.39, 0.29) is 5.56 Å². The molecule has 23 heavy (non-hydrogen) atoms. The lowest BCUT2D eigenvalue weighted by atomic mass is 10.0. The van der Waals surface area contributed by atoms with E-state index in [1.807, 2.05) is 32.0 Å². The number of amides is 1. The summed E-state index contributed by atoms with van der Waals surface area (Å²) in [6, 6.07) is 7.95. The van der Waals surface area contributed by atoms with Gasteiger partial charge in [-0.15, -0.1) is 0 Å². The fourth-order valence-corrected chi connectivity index (χ4v) is 1.97. The molecule has 0 unspecified atom stereocenters. The molecule has 2 aromatic rings. The third kappa shape index (κ3) is 3.60. The highest BCUT2D eigenvalue weighted by Crippen LogP contribution is 2.35. The first-order chi connectivity index (χ1) is 10.8. The SMILES string of the molecule is CC(=NNC(=O)c1cc(O)c(O)c(O)c1)c1ccc(C)c(C)c1. The van der Waals surface area contributed by atoms with Crippen LogP contribution in [0.1, 0.15) is 34.0 Å². The summed E-state index contributed by atoms with van der Waals surface area (Å²) >= 11 is 0. The lowest BCUT2D eigenvalue weighted by molar-refractivity contribution is 0.0954. The number of hydrogen-bond acceptors (Lipinski definition) is 5. The van der Waals surface area contributed by atoms with Crippen molar-refractivity contribution >= 4 is 11.6 Å². The van der Waals surface area contributed by atoms with Crippen LogP contribution in [0, 0.1) is 13.8 Å². The summed E-state index contributed by atoms with van der Waals surface area (Å²) in [5.41, 5.74) is 6.12. The molecule has 0 saturated heterocycles. The molecule has 0 heterocycles. The molecule has 6 nitrogen and oxygen atoms in total. The lowest BCUT2D eigenvalue weighted by Gasteiger charge is -2.07. The van der Waals surface area contributed by atoms with E-state index in [2.05, 4.69) is 10.5 Å². The molecule has 120 valence electrons. The standard InChI is InChI=1S/C17H18N2O4/c1-9-4-5-12(6-10(9)2)11(3)18-19-17(23)13-7-14(20)16(22)15(21)8-13/h4-8,20-22H,1-3H3,(H,19,23). The molecular weight excluding hydrogens is 296 g/mol. The first-order valence-electron chi connectivity index (χ1n) is 6.96. The largest absolute Gasteiger partial charge is 0.504 e. The predicted molar refractivity (Wildman–Crippen MR) is 87.0 cm³/mol. The predicted octanol–water partition coefficient (Wildman–Crippen LogP) is 2.57. The fraction of sp³-hybridized carbons (Fsp3) is 0.176. The Balaban J connectivity index is 2.18. The average molecular weight is 314 g/mol. The highest BCUT2D eigenvalue weighted by atomic mass is 16.3. The van der Waals surface area contributed by atoms with Crippen molar-refractivity contribution in [1.29, 1.82) is 0 Å². The molecule has 6 heteroatoms. The number of phenolic OH excluding ortho intramolecular Hbond substituents is 3. The van der Waals surface area contributed by atoms with Gasteiger partial charge in [0, 0.05) is 5.56 Å². The van der Waals surface area contributed by atoms with Gasteiger partial charge in [-0.05, 0) is 55.7 Å². The lowest BCUT2D eigenvalue weighted by Crippen LogP contribution is -2.19. The van der Waals surface area contributed by atoms with Gasteiger partial charge in [0.1, 0.15) is 0 Å². The van der Waals surface area contributed by atoms with Crippen LogP contribution in [0.15, 0.2) is 35.4 Å². The monoisotopic (exact) mass is 314 g/mol. The van der Waals surface area contributed by atoms with Crippen LogP contribution in [0.2, 0.25) is 0 Å². The Morgan fingerprint density at radius 2 is 1.57 bits per heavy atom. The van der Waals surface area contributed by atoms with Crippen molar-refractivity contribution in [3.63, 3.8) is 0 Å². The topological polar surface area (TPSA) is 102 Å². The number of carbonyl (C=O) groups excluding carboxylic acids is 1. The maximum absolute atomic E-state index is 12.0. The highest BCUT2D eigenvalue weighted by molar-refractivity contribution is 6.01. The van der Waals surface area contributed by atoms with Crippen molar-refractivity contribution in [2.75, 3.05) is 0 Å². The summed E-state index contributed by atoms with van der Waals surface area (Å²) in [5.74, 6) is -2.44. The number of phenols is 3. The zero-order chi connectivity index (χ0) is 17.1. The van der Waals surface area contributed by atoms with E-state index in [0.29, 0.717) is 5.71 Å². The van der Waals surface area contributed by atoms with Gasteiger partial charge in [-0.3, -0.25) is 4.79 Å². The van der Waals surface area contributed by atoms with Gasteiger partial charge in [0.2, 0.25) is 0 Å². The van der Waals surface area contributed by atoms with Gasteiger partial charge in [-0.25, -0.2) is 5.43 Å². The van der Waals surface area contributed by atoms with Gasteiger partial charge in [0.05, 0.1) is 5.71 Å². The van der Waals surface area contributed by atoms with Crippen LogP contribution in [0.25, 0.3) is 0 Å². The van der Waals surface area contributed by atoms with Gasteiger partial charge < -0.3 is 15.3 Å². The number of aromatic hydroxyl groups is 3. The van der Waals surface area contributed by atoms with Gasteiger partial charge in [0.15, 0.2) is 17.2 Å². The second-order valence-electron chi connectivity index (χ2n) is 5.30. The fourth-order valence-electron chi connectivity index (χ4n) is 1.97. The van der Waals surface area contributed by atoms with Crippen molar-refractivity contribution in [3.8, 4) is 17.2 Å². The van der Waals surface area contributed by atoms with Gasteiger partial charge in [-0.1, -0.05) is 12.1 Å². The van der Waals surface area contributed by atoms with Crippen molar-refractivity contribution in [2.45, 2.75) is 20.8 Å². The molecule has 2 rings (SSSR count). The van der Waals surface area contributed by atoms with Crippen molar-refractivity contribution in [2.24, 2.45) is 5.10 Å². The average Bonchev–Trinajstić information content (AvgIpc) is 2.52. The van der Waals surface area contributed by atoms with Crippen LogP contribution < -0.4 is 5.43 Å². The first-order valence-corrected chi connectivity index (χ1v) is 6.96. The Bertz CT molecular complexity index is 774. The Hall–Kier alpha value is -3.02. The zero-order valence-electron chi connectivity index (χ0n) is 13.1. The van der Waals surface area contributed by atoms with Crippen molar-refractivity contribution in [1.82, 2.24) is 5.43 Å². The Morgan fingerprint density at radius 1 is 0.957 bits per heavy atom. The molecule has 0 bridgehead atoms. The summed E-state index contributed by atoms with van der Waals surface area (Å²) < 4.78 is 0. The third-order valence-corrected chi connectivity index (χ3v) is 3.58. The van der Waals surface area contributed by atoms with Gasteiger partial charge in [-0.2, -0.15) is 5.10 Å². The Morgan fingerprint density at radius 3 is 2.13 bits per heavy atom. The van der Waals surface area contributed by atoms with Crippen LogP contribution in [0.4, 0.5) is 0 Å². The van der Waals surface area contributed by atoms with Crippen LogP contribution in [0.5, 0.6) is 17.2 Å². The third-order valence-electron chi connectivity index (χ3n) is 3.58. The smallest absolute Gasteiger partial charge is 0.271 e. The number of hydrazone groups is 1. The van der Waals surface area contributed by atoms with Crippen molar-refractivity contribution in [3.05, 3.63) is 52.6 Å². The molecule has 0 atom stereocenters. The number of carbonyl (C=O) groups is 1. The van der Waals surface area contributed by atoms with Crippen molar-refractivity contribution < 1.29 is 20.1 Å². The summed E-state index contributed by atoms with van der Waals surface area (Å²) in [6.07, 6.45) is 0.